The molecule has 0 spiro atoms. The summed E-state index contributed by atoms with van der Waals surface area (Å²) in [5.74, 6) is 0.838. The van der Waals surface area contributed by atoms with Crippen molar-refractivity contribution in [2.45, 2.75) is 19.8 Å². The molecule has 0 aliphatic carbocycles. The summed E-state index contributed by atoms with van der Waals surface area (Å²) in [5, 5.41) is 3.35. The van der Waals surface area contributed by atoms with E-state index in [2.05, 4.69) is 18.7 Å². The van der Waals surface area contributed by atoms with Crippen molar-refractivity contribution in [3.63, 3.8) is 0 Å². The van der Waals surface area contributed by atoms with Gasteiger partial charge in [-0.3, -0.25) is 0 Å². The van der Waals surface area contributed by atoms with E-state index in [4.69, 9.17) is 0 Å². The molecule has 1 aliphatic rings. The fraction of sp³-hybridized carbons (Fsp3) is 0.857. The Morgan fingerprint density at radius 2 is 2.22 bits per heavy atom. The smallest absolute Gasteiger partial charge is 0 e. The zero-order valence-electron chi connectivity index (χ0n) is 5.86. The van der Waals surface area contributed by atoms with Gasteiger partial charge in [0.2, 0.25) is 0 Å². The second kappa shape index (κ2) is 5.41. The minimum Gasteiger partial charge on any atom is -0.324 e. The van der Waals surface area contributed by atoms with Gasteiger partial charge in [0.25, 0.3) is 0 Å². The summed E-state index contributed by atoms with van der Waals surface area (Å²) in [6.07, 6.45) is 4.97. The van der Waals surface area contributed by atoms with Crippen molar-refractivity contribution < 1.29 is 20.4 Å². The van der Waals surface area contributed by atoms with Gasteiger partial charge < -0.3 is 11.7 Å². The molecule has 1 radical (unpaired) electrons. The maximum absolute atomic E-state index is 3.35. The zero-order valence-corrected chi connectivity index (χ0v) is 8.58. The number of hydrogen-bond acceptors (Lipinski definition) is 1. The third kappa shape index (κ3) is 4.08. The molecule has 0 aromatic carbocycles. The number of nitrogens with one attached hydrogen (secondary N) is 1. The average molecular weight is 298 g/mol. The van der Waals surface area contributed by atoms with Crippen LogP contribution in [0.3, 0.4) is 0 Å². The minimum atomic E-state index is 0. The van der Waals surface area contributed by atoms with E-state index in [1.165, 1.54) is 25.9 Å². The fourth-order valence-corrected chi connectivity index (χ4v) is 1.04. The molecule has 0 bridgehead atoms. The van der Waals surface area contributed by atoms with Crippen LogP contribution >= 0.6 is 0 Å². The molecule has 0 aromatic heterocycles. The van der Waals surface area contributed by atoms with Crippen LogP contribution in [0.1, 0.15) is 19.8 Å². The quantitative estimate of drug-likeness (QED) is 0.663. The summed E-state index contributed by atoms with van der Waals surface area (Å²) >= 11 is 0. The third-order valence-corrected chi connectivity index (χ3v) is 1.67. The Hall–Kier alpha value is 0.622. The van der Waals surface area contributed by atoms with Gasteiger partial charge in [-0.2, -0.15) is 12.3 Å². The van der Waals surface area contributed by atoms with Gasteiger partial charge in [0, 0.05) is 20.4 Å². The van der Waals surface area contributed by atoms with Crippen molar-refractivity contribution in [3.05, 3.63) is 6.42 Å². The van der Waals surface area contributed by atoms with Gasteiger partial charge in [0.1, 0.15) is 0 Å². The Labute approximate surface area is 71.3 Å². The van der Waals surface area contributed by atoms with E-state index in [0.717, 1.165) is 5.92 Å². The first-order valence-electron chi connectivity index (χ1n) is 3.43. The summed E-state index contributed by atoms with van der Waals surface area (Å²) in [7, 11) is 0. The molecule has 0 aromatic rings. The predicted octanol–water partition coefficient (Wildman–Crippen LogP) is 1.21. The minimum absolute atomic E-state index is 0. The molecule has 1 rings (SSSR count). The van der Waals surface area contributed by atoms with Crippen molar-refractivity contribution in [1.29, 1.82) is 0 Å². The van der Waals surface area contributed by atoms with E-state index >= 15 is 0 Å². The topological polar surface area (TPSA) is 12.0 Å². The van der Waals surface area contributed by atoms with Crippen LogP contribution in [0, 0.1) is 12.3 Å². The van der Waals surface area contributed by atoms with Crippen LogP contribution in [0.25, 0.3) is 0 Å². The molecular formula is C7H14NRe-. The van der Waals surface area contributed by atoms with Gasteiger partial charge >= 0.3 is 0 Å². The largest absolute Gasteiger partial charge is 0.324 e. The molecule has 1 aliphatic heterocycles. The molecular weight excluding hydrogens is 284 g/mol. The first-order chi connectivity index (χ1) is 3.89. The molecule has 1 atom stereocenters. The first kappa shape index (κ1) is 9.62. The maximum Gasteiger partial charge on any atom is 0 e. The maximum atomic E-state index is 3.35. The second-order valence-corrected chi connectivity index (χ2v) is 2.54. The SMILES string of the molecule is CC1[CH-]CCNCC1.[Re]. The van der Waals surface area contributed by atoms with Crippen LogP contribution < -0.4 is 5.32 Å². The number of rotatable bonds is 0. The van der Waals surface area contributed by atoms with Crippen molar-refractivity contribution in [2.24, 2.45) is 5.92 Å². The van der Waals surface area contributed by atoms with E-state index in [-0.39, 0.29) is 20.4 Å². The van der Waals surface area contributed by atoms with E-state index in [1.54, 1.807) is 0 Å². The normalized spacial score (nSPS) is 28.3. The summed E-state index contributed by atoms with van der Waals surface area (Å²) in [4.78, 5) is 0. The van der Waals surface area contributed by atoms with Gasteiger partial charge in [-0.25, -0.2) is 0 Å². The van der Waals surface area contributed by atoms with Gasteiger partial charge in [-0.15, -0.1) is 0 Å². The zero-order chi connectivity index (χ0) is 5.82. The van der Waals surface area contributed by atoms with Crippen molar-refractivity contribution in [1.82, 2.24) is 5.32 Å². The van der Waals surface area contributed by atoms with Crippen LogP contribution in [0.5, 0.6) is 0 Å². The summed E-state index contributed by atoms with van der Waals surface area (Å²) in [6.45, 7) is 4.68. The average Bonchev–Trinajstić information content (AvgIpc) is 1.94. The van der Waals surface area contributed by atoms with Crippen molar-refractivity contribution in [3.8, 4) is 0 Å². The van der Waals surface area contributed by atoms with E-state index < -0.39 is 0 Å². The summed E-state index contributed by atoms with van der Waals surface area (Å²) in [5.41, 5.74) is 0. The Morgan fingerprint density at radius 3 is 3.00 bits per heavy atom. The first-order valence-corrected chi connectivity index (χ1v) is 3.43. The molecule has 1 heterocycles. The van der Waals surface area contributed by atoms with Gasteiger partial charge in [0.05, 0.1) is 0 Å². The Morgan fingerprint density at radius 1 is 1.44 bits per heavy atom. The fourth-order valence-electron chi connectivity index (χ4n) is 1.04. The standard InChI is InChI=1S/C7H14N.Re/c1-7-3-2-5-8-6-4-7;/h3,7-8H,2,4-6H2,1H3;/q-1;. The molecule has 1 N–H and O–H groups in total. The molecule has 1 fully saturated rings. The third-order valence-electron chi connectivity index (χ3n) is 1.67. The van der Waals surface area contributed by atoms with E-state index in [9.17, 15) is 0 Å². The molecule has 1 unspecified atom stereocenters. The molecule has 1 saturated heterocycles. The van der Waals surface area contributed by atoms with Crippen molar-refractivity contribution >= 4 is 0 Å². The van der Waals surface area contributed by atoms with Gasteiger partial charge in [0.15, 0.2) is 0 Å². The predicted molar refractivity (Wildman–Crippen MR) is 35.6 cm³/mol. The molecule has 9 heavy (non-hydrogen) atoms. The molecule has 1 nitrogen and oxygen atoms in total. The summed E-state index contributed by atoms with van der Waals surface area (Å²) in [6, 6.07) is 0. The van der Waals surface area contributed by atoms with Crippen LogP contribution in [0.2, 0.25) is 0 Å². The molecule has 2 heteroatoms. The second-order valence-electron chi connectivity index (χ2n) is 2.54. The van der Waals surface area contributed by atoms with Gasteiger partial charge in [-0.1, -0.05) is 13.3 Å². The Balaban J connectivity index is 0.000000640. The molecule has 0 amide bonds. The Bertz CT molecular complexity index is 57.9. The van der Waals surface area contributed by atoms with Crippen LogP contribution in [0.15, 0.2) is 0 Å². The summed E-state index contributed by atoms with van der Waals surface area (Å²) < 4.78 is 0. The number of hydrogen-bond donors (Lipinski definition) is 1. The molecule has 55 valence electrons. The van der Waals surface area contributed by atoms with Crippen LogP contribution in [-0.4, -0.2) is 13.1 Å². The van der Waals surface area contributed by atoms with Crippen molar-refractivity contribution in [2.75, 3.05) is 13.1 Å². The van der Waals surface area contributed by atoms with Crippen LogP contribution in [0.4, 0.5) is 0 Å². The Kier molecular flexibility index (Phi) is 5.78. The molecule has 0 saturated carbocycles. The monoisotopic (exact) mass is 299 g/mol. The van der Waals surface area contributed by atoms with E-state index in [1.807, 2.05) is 0 Å². The van der Waals surface area contributed by atoms with E-state index in [0.29, 0.717) is 0 Å². The van der Waals surface area contributed by atoms with Gasteiger partial charge in [-0.05, 0) is 13.1 Å². The van der Waals surface area contributed by atoms with Crippen LogP contribution in [-0.2, 0) is 20.4 Å².